The molecule has 0 heterocycles. The van der Waals surface area contributed by atoms with Gasteiger partial charge in [-0.2, -0.15) is 0 Å². The van der Waals surface area contributed by atoms with E-state index < -0.39 is 0 Å². The molecule has 1 nitrogen and oxygen atoms in total. The summed E-state index contributed by atoms with van der Waals surface area (Å²) >= 11 is 0. The van der Waals surface area contributed by atoms with Crippen molar-refractivity contribution in [2.45, 2.75) is 27.2 Å². The van der Waals surface area contributed by atoms with E-state index in [0.29, 0.717) is 12.3 Å². The van der Waals surface area contributed by atoms with Crippen LogP contribution in [0.1, 0.15) is 31.4 Å². The highest BCUT2D eigenvalue weighted by molar-refractivity contribution is 5.93. The van der Waals surface area contributed by atoms with Crippen LogP contribution in [0.4, 0.5) is 0 Å². The minimum Gasteiger partial charge on any atom is -0.295 e. The number of ketones is 1. The molecule has 0 radical (unpaired) electrons. The summed E-state index contributed by atoms with van der Waals surface area (Å²) in [5, 5.41) is 0. The number of carbonyl (C=O) groups excluding carboxylic acids is 1. The lowest BCUT2D eigenvalue weighted by Gasteiger charge is -2.00. The van der Waals surface area contributed by atoms with E-state index in [-0.39, 0.29) is 5.78 Å². The van der Waals surface area contributed by atoms with Gasteiger partial charge in [0.25, 0.3) is 0 Å². The van der Waals surface area contributed by atoms with Crippen LogP contribution in [-0.2, 0) is 4.79 Å². The molecule has 15 heavy (non-hydrogen) atoms. The predicted octanol–water partition coefficient (Wildman–Crippen LogP) is 3.62. The van der Waals surface area contributed by atoms with Gasteiger partial charge in [-0.15, -0.1) is 0 Å². The van der Waals surface area contributed by atoms with Crippen LogP contribution in [0, 0.1) is 12.8 Å². The minimum atomic E-state index is 0.202. The molecule has 0 aliphatic heterocycles. The fraction of sp³-hybridized carbons (Fsp3) is 0.357. The Labute approximate surface area is 91.8 Å². The summed E-state index contributed by atoms with van der Waals surface area (Å²) in [6, 6.07) is 8.06. The van der Waals surface area contributed by atoms with Gasteiger partial charge in [0.15, 0.2) is 5.78 Å². The predicted molar refractivity (Wildman–Crippen MR) is 64.7 cm³/mol. The number of benzene rings is 1. The molecule has 0 amide bonds. The number of allylic oxidation sites excluding steroid dienone is 1. The molecule has 0 saturated heterocycles. The third-order valence-electron chi connectivity index (χ3n) is 2.25. The molecule has 0 N–H and O–H groups in total. The average molecular weight is 202 g/mol. The number of hydrogen-bond donors (Lipinski definition) is 0. The molecule has 80 valence electrons. The summed E-state index contributed by atoms with van der Waals surface area (Å²) in [7, 11) is 0. The zero-order valence-corrected chi connectivity index (χ0v) is 9.66. The van der Waals surface area contributed by atoms with Gasteiger partial charge >= 0.3 is 0 Å². The molecule has 1 aromatic carbocycles. The zero-order valence-electron chi connectivity index (χ0n) is 9.66. The van der Waals surface area contributed by atoms with Crippen molar-refractivity contribution in [1.82, 2.24) is 0 Å². The highest BCUT2D eigenvalue weighted by atomic mass is 16.1. The first-order chi connectivity index (χ1) is 7.09. The Morgan fingerprint density at radius 1 is 1.33 bits per heavy atom. The molecule has 0 fully saturated rings. The monoisotopic (exact) mass is 202 g/mol. The van der Waals surface area contributed by atoms with Crippen LogP contribution in [0.25, 0.3) is 6.08 Å². The van der Waals surface area contributed by atoms with E-state index in [0.717, 1.165) is 5.56 Å². The van der Waals surface area contributed by atoms with Gasteiger partial charge in [-0.05, 0) is 30.0 Å². The molecule has 0 unspecified atom stereocenters. The van der Waals surface area contributed by atoms with Crippen molar-refractivity contribution in [3.63, 3.8) is 0 Å². The molecule has 1 heteroatoms. The molecular weight excluding hydrogens is 184 g/mol. The Morgan fingerprint density at radius 2 is 2.00 bits per heavy atom. The van der Waals surface area contributed by atoms with E-state index in [1.54, 1.807) is 6.08 Å². The molecule has 0 aliphatic carbocycles. The van der Waals surface area contributed by atoms with Gasteiger partial charge in [0.2, 0.25) is 0 Å². The van der Waals surface area contributed by atoms with E-state index in [2.05, 4.69) is 13.8 Å². The fourth-order valence-corrected chi connectivity index (χ4v) is 1.43. The van der Waals surface area contributed by atoms with Gasteiger partial charge in [-0.3, -0.25) is 4.79 Å². The SMILES string of the molecule is Cc1ccccc1/C=C/C(=O)CC(C)C. The second-order valence-corrected chi connectivity index (χ2v) is 4.25. The Kier molecular flexibility index (Phi) is 4.29. The quantitative estimate of drug-likeness (QED) is 0.681. The summed E-state index contributed by atoms with van der Waals surface area (Å²) in [5.41, 5.74) is 2.32. The number of rotatable bonds is 4. The van der Waals surface area contributed by atoms with Crippen molar-refractivity contribution in [3.8, 4) is 0 Å². The summed E-state index contributed by atoms with van der Waals surface area (Å²) in [6.45, 7) is 6.16. The van der Waals surface area contributed by atoms with Crippen LogP contribution in [0.5, 0.6) is 0 Å². The number of aryl methyl sites for hydroxylation is 1. The zero-order chi connectivity index (χ0) is 11.3. The standard InChI is InChI=1S/C14H18O/c1-11(2)10-14(15)9-8-13-7-5-4-6-12(13)3/h4-9,11H,10H2,1-3H3/b9-8+. The first-order valence-corrected chi connectivity index (χ1v) is 5.36. The smallest absolute Gasteiger partial charge is 0.155 e. The molecule has 1 aromatic rings. The van der Waals surface area contributed by atoms with Gasteiger partial charge in [-0.25, -0.2) is 0 Å². The molecule has 0 bridgehead atoms. The van der Waals surface area contributed by atoms with Crippen LogP contribution in [-0.4, -0.2) is 5.78 Å². The average Bonchev–Trinajstić information content (AvgIpc) is 2.15. The van der Waals surface area contributed by atoms with Gasteiger partial charge in [-0.1, -0.05) is 44.2 Å². The summed E-state index contributed by atoms with van der Waals surface area (Å²) in [5.74, 6) is 0.632. The molecule has 0 atom stereocenters. The Hall–Kier alpha value is -1.37. The van der Waals surface area contributed by atoms with Crippen LogP contribution < -0.4 is 0 Å². The first kappa shape index (κ1) is 11.7. The van der Waals surface area contributed by atoms with Crippen molar-refractivity contribution in [2.24, 2.45) is 5.92 Å². The third kappa shape index (κ3) is 4.11. The van der Waals surface area contributed by atoms with E-state index in [4.69, 9.17) is 0 Å². The fourth-order valence-electron chi connectivity index (χ4n) is 1.43. The van der Waals surface area contributed by atoms with E-state index in [1.807, 2.05) is 37.3 Å². The van der Waals surface area contributed by atoms with Crippen molar-refractivity contribution in [2.75, 3.05) is 0 Å². The maximum Gasteiger partial charge on any atom is 0.155 e. The van der Waals surface area contributed by atoms with Crippen LogP contribution in [0.3, 0.4) is 0 Å². The molecule has 0 aromatic heterocycles. The maximum absolute atomic E-state index is 11.5. The molecule has 0 saturated carbocycles. The van der Waals surface area contributed by atoms with Gasteiger partial charge in [0.1, 0.15) is 0 Å². The Morgan fingerprint density at radius 3 is 2.60 bits per heavy atom. The highest BCUT2D eigenvalue weighted by Gasteiger charge is 2.00. The molecule has 1 rings (SSSR count). The molecule has 0 spiro atoms. The van der Waals surface area contributed by atoms with E-state index >= 15 is 0 Å². The maximum atomic E-state index is 11.5. The van der Waals surface area contributed by atoms with Crippen LogP contribution >= 0.6 is 0 Å². The van der Waals surface area contributed by atoms with E-state index in [1.165, 1.54) is 5.56 Å². The van der Waals surface area contributed by atoms with Gasteiger partial charge in [0.05, 0.1) is 0 Å². The molecule has 0 aliphatic rings. The van der Waals surface area contributed by atoms with Crippen LogP contribution in [0.2, 0.25) is 0 Å². The topological polar surface area (TPSA) is 17.1 Å². The van der Waals surface area contributed by atoms with Gasteiger partial charge < -0.3 is 0 Å². The highest BCUT2D eigenvalue weighted by Crippen LogP contribution is 2.09. The van der Waals surface area contributed by atoms with Crippen molar-refractivity contribution in [3.05, 3.63) is 41.5 Å². The number of hydrogen-bond acceptors (Lipinski definition) is 1. The lowest BCUT2D eigenvalue weighted by atomic mass is 10.0. The lowest BCUT2D eigenvalue weighted by molar-refractivity contribution is -0.115. The largest absolute Gasteiger partial charge is 0.295 e. The molecular formula is C14H18O. The number of carbonyl (C=O) groups is 1. The van der Waals surface area contributed by atoms with Crippen molar-refractivity contribution >= 4 is 11.9 Å². The normalized spacial score (nSPS) is 11.2. The van der Waals surface area contributed by atoms with Crippen molar-refractivity contribution < 1.29 is 4.79 Å². The van der Waals surface area contributed by atoms with Gasteiger partial charge in [0, 0.05) is 6.42 Å². The summed E-state index contributed by atoms with van der Waals surface area (Å²) < 4.78 is 0. The first-order valence-electron chi connectivity index (χ1n) is 5.36. The second-order valence-electron chi connectivity index (χ2n) is 4.25. The third-order valence-corrected chi connectivity index (χ3v) is 2.25. The Balaban J connectivity index is 2.66. The summed E-state index contributed by atoms with van der Waals surface area (Å²) in [4.78, 5) is 11.5. The second kappa shape index (κ2) is 5.50. The Bertz CT molecular complexity index is 361. The lowest BCUT2D eigenvalue weighted by Crippen LogP contribution is -1.98. The van der Waals surface area contributed by atoms with E-state index in [9.17, 15) is 4.79 Å². The minimum absolute atomic E-state index is 0.202. The van der Waals surface area contributed by atoms with Crippen molar-refractivity contribution in [1.29, 1.82) is 0 Å². The van der Waals surface area contributed by atoms with Crippen LogP contribution in [0.15, 0.2) is 30.3 Å². The summed E-state index contributed by atoms with van der Waals surface area (Å²) in [6.07, 6.45) is 4.21.